The fourth-order valence-corrected chi connectivity index (χ4v) is 1.02. The quantitative estimate of drug-likeness (QED) is 0.771. The molecule has 0 aromatic carbocycles. The number of aryl methyl sites for hydroxylation is 1. The molecule has 0 aliphatic rings. The third kappa shape index (κ3) is 2.95. The van der Waals surface area contributed by atoms with Crippen molar-refractivity contribution in [2.75, 3.05) is 6.54 Å². The molecule has 2 N–H and O–H groups in total. The van der Waals surface area contributed by atoms with Crippen molar-refractivity contribution in [3.8, 4) is 0 Å². The normalized spacial score (nSPS) is 11.0. The molecule has 0 spiro atoms. The highest BCUT2D eigenvalue weighted by Crippen LogP contribution is 2.08. The summed E-state index contributed by atoms with van der Waals surface area (Å²) in [5, 5.41) is 0. The number of halogens is 1. The van der Waals surface area contributed by atoms with E-state index >= 15 is 0 Å². The van der Waals surface area contributed by atoms with E-state index in [0.29, 0.717) is 6.54 Å². The van der Waals surface area contributed by atoms with E-state index in [1.807, 2.05) is 19.1 Å². The van der Waals surface area contributed by atoms with Gasteiger partial charge in [-0.3, -0.25) is 4.98 Å². The van der Waals surface area contributed by atoms with Gasteiger partial charge in [-0.25, -0.2) is 4.39 Å². The second kappa shape index (κ2) is 4.72. The summed E-state index contributed by atoms with van der Waals surface area (Å²) in [7, 11) is 0. The highest BCUT2D eigenvalue weighted by Gasteiger charge is 1.96. The van der Waals surface area contributed by atoms with Crippen molar-refractivity contribution >= 4 is 6.08 Å². The van der Waals surface area contributed by atoms with E-state index in [-0.39, 0.29) is 5.82 Å². The average molecular weight is 180 g/mol. The van der Waals surface area contributed by atoms with Crippen molar-refractivity contribution in [3.05, 3.63) is 35.4 Å². The molecule has 0 saturated carbocycles. The first kappa shape index (κ1) is 9.86. The van der Waals surface area contributed by atoms with Crippen molar-refractivity contribution in [2.45, 2.75) is 13.3 Å². The molecule has 1 rings (SSSR count). The summed E-state index contributed by atoms with van der Waals surface area (Å²) in [6.07, 6.45) is 5.84. The molecule has 0 unspecified atom stereocenters. The summed E-state index contributed by atoms with van der Waals surface area (Å²) < 4.78 is 12.6. The topological polar surface area (TPSA) is 38.9 Å². The van der Waals surface area contributed by atoms with E-state index in [4.69, 9.17) is 5.73 Å². The zero-order chi connectivity index (χ0) is 9.68. The van der Waals surface area contributed by atoms with Crippen LogP contribution < -0.4 is 5.73 Å². The van der Waals surface area contributed by atoms with E-state index in [9.17, 15) is 4.39 Å². The molecule has 0 saturated heterocycles. The highest BCUT2D eigenvalue weighted by molar-refractivity contribution is 5.48. The number of hydrogen-bond donors (Lipinski definition) is 1. The number of aromatic nitrogens is 1. The Hall–Kier alpha value is -1.22. The number of hydrogen-bond acceptors (Lipinski definition) is 2. The minimum absolute atomic E-state index is 0.298. The van der Waals surface area contributed by atoms with Gasteiger partial charge in [-0.2, -0.15) is 0 Å². The third-order valence-electron chi connectivity index (χ3n) is 1.69. The molecular weight excluding hydrogens is 167 g/mol. The summed E-state index contributed by atoms with van der Waals surface area (Å²) in [5.74, 6) is -0.298. The van der Waals surface area contributed by atoms with E-state index in [1.54, 1.807) is 0 Å². The zero-order valence-corrected chi connectivity index (χ0v) is 7.63. The summed E-state index contributed by atoms with van der Waals surface area (Å²) in [5.41, 5.74) is 6.96. The second-order valence-electron chi connectivity index (χ2n) is 2.84. The monoisotopic (exact) mass is 180 g/mol. The predicted molar refractivity (Wildman–Crippen MR) is 51.6 cm³/mol. The molecule has 1 heterocycles. The van der Waals surface area contributed by atoms with Gasteiger partial charge in [0.1, 0.15) is 5.82 Å². The lowest BCUT2D eigenvalue weighted by Gasteiger charge is -1.98. The minimum atomic E-state index is -0.298. The number of nitrogens with zero attached hydrogens (tertiary/aromatic N) is 1. The smallest absolute Gasteiger partial charge is 0.141 e. The zero-order valence-electron chi connectivity index (χ0n) is 7.63. The van der Waals surface area contributed by atoms with Gasteiger partial charge >= 0.3 is 0 Å². The van der Waals surface area contributed by atoms with Crippen LogP contribution >= 0.6 is 0 Å². The van der Waals surface area contributed by atoms with Crippen LogP contribution in [-0.2, 0) is 0 Å². The van der Waals surface area contributed by atoms with Crippen molar-refractivity contribution in [2.24, 2.45) is 5.73 Å². The lowest BCUT2D eigenvalue weighted by molar-refractivity contribution is 0.619. The van der Waals surface area contributed by atoms with Crippen LogP contribution in [0, 0.1) is 12.7 Å². The molecule has 0 aliphatic heterocycles. The van der Waals surface area contributed by atoms with Crippen LogP contribution in [0.3, 0.4) is 0 Å². The van der Waals surface area contributed by atoms with Crippen molar-refractivity contribution < 1.29 is 4.39 Å². The third-order valence-corrected chi connectivity index (χ3v) is 1.69. The van der Waals surface area contributed by atoms with E-state index in [0.717, 1.165) is 17.7 Å². The molecule has 0 atom stereocenters. The van der Waals surface area contributed by atoms with E-state index in [1.165, 1.54) is 12.3 Å². The summed E-state index contributed by atoms with van der Waals surface area (Å²) in [6.45, 7) is 2.45. The number of rotatable bonds is 3. The fourth-order valence-electron chi connectivity index (χ4n) is 1.02. The Morgan fingerprint density at radius 2 is 2.38 bits per heavy atom. The Kier molecular flexibility index (Phi) is 3.58. The second-order valence-corrected chi connectivity index (χ2v) is 2.84. The van der Waals surface area contributed by atoms with Crippen LogP contribution in [0.4, 0.5) is 4.39 Å². The Labute approximate surface area is 77.3 Å². The number of pyridine rings is 1. The molecule has 0 bridgehead atoms. The van der Waals surface area contributed by atoms with Gasteiger partial charge < -0.3 is 5.73 Å². The van der Waals surface area contributed by atoms with E-state index < -0.39 is 0 Å². The molecule has 70 valence electrons. The van der Waals surface area contributed by atoms with E-state index in [2.05, 4.69) is 4.98 Å². The van der Waals surface area contributed by atoms with Crippen molar-refractivity contribution in [3.63, 3.8) is 0 Å². The average Bonchev–Trinajstić information content (AvgIpc) is 2.09. The first-order chi connectivity index (χ1) is 6.24. The molecule has 1 aromatic rings. The van der Waals surface area contributed by atoms with Gasteiger partial charge in [0.15, 0.2) is 0 Å². The number of nitrogens with two attached hydrogens (primary N) is 1. The van der Waals surface area contributed by atoms with Crippen LogP contribution in [0.1, 0.15) is 17.7 Å². The van der Waals surface area contributed by atoms with Gasteiger partial charge in [-0.15, -0.1) is 0 Å². The van der Waals surface area contributed by atoms with Crippen molar-refractivity contribution in [1.29, 1.82) is 0 Å². The lowest BCUT2D eigenvalue weighted by atomic mass is 10.2. The standard InChI is InChI=1S/C10H13FN2/c1-8-6-9(11)7-13-10(8)4-2-3-5-12/h2,4,6-7H,3,5,12H2,1H3. The van der Waals surface area contributed by atoms with Gasteiger partial charge in [-0.1, -0.05) is 6.08 Å². The fraction of sp³-hybridized carbons (Fsp3) is 0.300. The van der Waals surface area contributed by atoms with Gasteiger partial charge in [0.25, 0.3) is 0 Å². The Morgan fingerprint density at radius 1 is 1.62 bits per heavy atom. The first-order valence-electron chi connectivity index (χ1n) is 4.23. The Bertz CT molecular complexity index is 308. The molecule has 3 heteroatoms. The minimum Gasteiger partial charge on any atom is -0.330 e. The molecule has 0 aliphatic carbocycles. The van der Waals surface area contributed by atoms with Gasteiger partial charge in [-0.05, 0) is 37.6 Å². The Balaban J connectivity index is 2.77. The lowest BCUT2D eigenvalue weighted by Crippen LogP contribution is -1.95. The maximum absolute atomic E-state index is 12.6. The summed E-state index contributed by atoms with van der Waals surface area (Å²) in [4.78, 5) is 3.95. The Morgan fingerprint density at radius 3 is 3.00 bits per heavy atom. The molecule has 0 amide bonds. The molecule has 1 aromatic heterocycles. The van der Waals surface area contributed by atoms with Crippen LogP contribution in [0.15, 0.2) is 18.3 Å². The first-order valence-corrected chi connectivity index (χ1v) is 4.23. The van der Waals surface area contributed by atoms with Crippen LogP contribution in [0.25, 0.3) is 6.08 Å². The highest BCUT2D eigenvalue weighted by atomic mass is 19.1. The van der Waals surface area contributed by atoms with Crippen molar-refractivity contribution in [1.82, 2.24) is 4.98 Å². The molecule has 0 fully saturated rings. The van der Waals surface area contributed by atoms with Gasteiger partial charge in [0, 0.05) is 0 Å². The SMILES string of the molecule is Cc1cc(F)cnc1C=CCCN. The largest absolute Gasteiger partial charge is 0.330 e. The summed E-state index contributed by atoms with van der Waals surface area (Å²) in [6, 6.07) is 1.47. The van der Waals surface area contributed by atoms with Crippen LogP contribution in [0.5, 0.6) is 0 Å². The van der Waals surface area contributed by atoms with Crippen LogP contribution in [0.2, 0.25) is 0 Å². The van der Waals surface area contributed by atoms with Crippen LogP contribution in [-0.4, -0.2) is 11.5 Å². The molecular formula is C10H13FN2. The molecule has 2 nitrogen and oxygen atoms in total. The molecule has 0 radical (unpaired) electrons. The molecule has 13 heavy (non-hydrogen) atoms. The van der Waals surface area contributed by atoms with Gasteiger partial charge in [0.2, 0.25) is 0 Å². The van der Waals surface area contributed by atoms with Gasteiger partial charge in [0.05, 0.1) is 11.9 Å². The summed E-state index contributed by atoms with van der Waals surface area (Å²) >= 11 is 0. The maximum Gasteiger partial charge on any atom is 0.141 e. The maximum atomic E-state index is 12.6. The predicted octanol–water partition coefficient (Wildman–Crippen LogP) is 1.89.